The second-order valence-electron chi connectivity index (χ2n) is 3.25. The van der Waals surface area contributed by atoms with Crippen molar-refractivity contribution in [1.82, 2.24) is 4.98 Å². The molecule has 0 aliphatic rings. The number of H-pyrrole nitrogens is 1. The van der Waals surface area contributed by atoms with E-state index >= 15 is 0 Å². The molecule has 0 amide bonds. The molecule has 2 rings (SSSR count). The molecule has 0 atom stereocenters. The summed E-state index contributed by atoms with van der Waals surface area (Å²) < 4.78 is 12.9. The highest BCUT2D eigenvalue weighted by atomic mass is 19.1. The van der Waals surface area contributed by atoms with Gasteiger partial charge in [-0.1, -0.05) is 13.3 Å². The van der Waals surface area contributed by atoms with E-state index < -0.39 is 0 Å². The monoisotopic (exact) mass is 177 g/mol. The minimum Gasteiger partial charge on any atom is -0.361 e. The zero-order chi connectivity index (χ0) is 9.26. The molecule has 0 aliphatic heterocycles. The number of rotatable bonds is 2. The quantitative estimate of drug-likeness (QED) is 0.724. The van der Waals surface area contributed by atoms with Gasteiger partial charge in [-0.2, -0.15) is 0 Å². The van der Waals surface area contributed by atoms with Gasteiger partial charge in [0.1, 0.15) is 5.82 Å². The van der Waals surface area contributed by atoms with Crippen molar-refractivity contribution in [2.45, 2.75) is 19.8 Å². The zero-order valence-corrected chi connectivity index (χ0v) is 7.60. The van der Waals surface area contributed by atoms with Gasteiger partial charge in [-0.05, 0) is 30.2 Å². The fourth-order valence-corrected chi connectivity index (χ4v) is 1.63. The van der Waals surface area contributed by atoms with E-state index in [0.717, 1.165) is 23.7 Å². The normalized spacial score (nSPS) is 10.9. The highest BCUT2D eigenvalue weighted by Crippen LogP contribution is 2.20. The van der Waals surface area contributed by atoms with Gasteiger partial charge in [0.2, 0.25) is 0 Å². The van der Waals surface area contributed by atoms with E-state index in [1.54, 1.807) is 12.1 Å². The number of hydrogen-bond acceptors (Lipinski definition) is 0. The molecular weight excluding hydrogens is 165 g/mol. The van der Waals surface area contributed by atoms with Gasteiger partial charge in [0.15, 0.2) is 0 Å². The van der Waals surface area contributed by atoms with Crippen molar-refractivity contribution in [3.63, 3.8) is 0 Å². The van der Waals surface area contributed by atoms with Crippen LogP contribution in [0.3, 0.4) is 0 Å². The average Bonchev–Trinajstić information content (AvgIpc) is 2.49. The van der Waals surface area contributed by atoms with Gasteiger partial charge >= 0.3 is 0 Å². The van der Waals surface area contributed by atoms with Crippen molar-refractivity contribution >= 4 is 10.9 Å². The van der Waals surface area contributed by atoms with Crippen LogP contribution in [0.2, 0.25) is 0 Å². The molecule has 0 radical (unpaired) electrons. The molecule has 0 spiro atoms. The fraction of sp³-hybridized carbons (Fsp3) is 0.273. The van der Waals surface area contributed by atoms with Crippen LogP contribution in [-0.2, 0) is 6.42 Å². The zero-order valence-electron chi connectivity index (χ0n) is 7.60. The van der Waals surface area contributed by atoms with Crippen LogP contribution < -0.4 is 0 Å². The van der Waals surface area contributed by atoms with Gasteiger partial charge in [-0.15, -0.1) is 0 Å². The second kappa shape index (κ2) is 3.21. The fourth-order valence-electron chi connectivity index (χ4n) is 1.63. The minimum atomic E-state index is -0.163. The molecule has 0 bridgehead atoms. The molecule has 0 unspecified atom stereocenters. The van der Waals surface area contributed by atoms with Crippen molar-refractivity contribution in [3.05, 3.63) is 35.8 Å². The Hall–Kier alpha value is -1.31. The van der Waals surface area contributed by atoms with Crippen LogP contribution in [0.4, 0.5) is 4.39 Å². The lowest BCUT2D eigenvalue weighted by atomic mass is 10.1. The Labute approximate surface area is 76.6 Å². The van der Waals surface area contributed by atoms with Crippen molar-refractivity contribution in [2.24, 2.45) is 0 Å². The van der Waals surface area contributed by atoms with E-state index in [0.29, 0.717) is 0 Å². The summed E-state index contributed by atoms with van der Waals surface area (Å²) in [6, 6.07) is 4.86. The number of aromatic amines is 1. The number of fused-ring (bicyclic) bond motifs is 1. The molecule has 0 aliphatic carbocycles. The first-order valence-electron chi connectivity index (χ1n) is 4.57. The number of halogens is 1. The van der Waals surface area contributed by atoms with Crippen LogP contribution in [0.25, 0.3) is 10.9 Å². The summed E-state index contributed by atoms with van der Waals surface area (Å²) in [5.74, 6) is -0.163. The highest BCUT2D eigenvalue weighted by Gasteiger charge is 2.02. The highest BCUT2D eigenvalue weighted by molar-refractivity contribution is 5.83. The molecule has 0 saturated carbocycles. The smallest absolute Gasteiger partial charge is 0.123 e. The van der Waals surface area contributed by atoms with Gasteiger partial charge in [0.25, 0.3) is 0 Å². The van der Waals surface area contributed by atoms with Crippen LogP contribution in [0.1, 0.15) is 18.9 Å². The Balaban J connectivity index is 2.58. The molecule has 1 N–H and O–H groups in total. The summed E-state index contributed by atoms with van der Waals surface area (Å²) >= 11 is 0. The third-order valence-corrected chi connectivity index (χ3v) is 2.25. The Kier molecular flexibility index (Phi) is 2.05. The Morgan fingerprint density at radius 2 is 2.23 bits per heavy atom. The molecular formula is C11H12FN. The number of nitrogens with one attached hydrogen (secondary N) is 1. The van der Waals surface area contributed by atoms with Gasteiger partial charge < -0.3 is 4.98 Å². The predicted octanol–water partition coefficient (Wildman–Crippen LogP) is 3.26. The molecule has 0 fully saturated rings. The van der Waals surface area contributed by atoms with Gasteiger partial charge in [-0.3, -0.25) is 0 Å². The van der Waals surface area contributed by atoms with E-state index in [1.165, 1.54) is 11.6 Å². The molecule has 1 aromatic carbocycles. The Morgan fingerprint density at radius 1 is 1.38 bits per heavy atom. The summed E-state index contributed by atoms with van der Waals surface area (Å²) in [7, 11) is 0. The number of benzene rings is 1. The van der Waals surface area contributed by atoms with Crippen molar-refractivity contribution in [1.29, 1.82) is 0 Å². The molecule has 0 saturated heterocycles. The number of aromatic nitrogens is 1. The molecule has 13 heavy (non-hydrogen) atoms. The lowest BCUT2D eigenvalue weighted by molar-refractivity contribution is 0.629. The average molecular weight is 177 g/mol. The van der Waals surface area contributed by atoms with Gasteiger partial charge in [-0.25, -0.2) is 4.39 Å². The molecule has 2 heteroatoms. The maximum atomic E-state index is 12.9. The predicted molar refractivity (Wildman–Crippen MR) is 52.3 cm³/mol. The summed E-state index contributed by atoms with van der Waals surface area (Å²) in [6.45, 7) is 2.12. The van der Waals surface area contributed by atoms with Gasteiger partial charge in [0, 0.05) is 17.1 Å². The first kappa shape index (κ1) is 8.30. The number of hydrogen-bond donors (Lipinski definition) is 1. The van der Waals surface area contributed by atoms with Crippen LogP contribution >= 0.6 is 0 Å². The van der Waals surface area contributed by atoms with Gasteiger partial charge in [0.05, 0.1) is 0 Å². The van der Waals surface area contributed by atoms with Crippen molar-refractivity contribution < 1.29 is 4.39 Å². The van der Waals surface area contributed by atoms with E-state index in [1.807, 2.05) is 6.20 Å². The molecule has 1 nitrogen and oxygen atoms in total. The number of aryl methyl sites for hydroxylation is 1. The van der Waals surface area contributed by atoms with Crippen LogP contribution in [0, 0.1) is 5.82 Å². The second-order valence-corrected chi connectivity index (χ2v) is 3.25. The van der Waals surface area contributed by atoms with Crippen LogP contribution in [0.5, 0.6) is 0 Å². The Bertz CT molecular complexity index is 417. The van der Waals surface area contributed by atoms with Crippen molar-refractivity contribution in [3.8, 4) is 0 Å². The molecule has 1 heterocycles. The molecule has 68 valence electrons. The summed E-state index contributed by atoms with van der Waals surface area (Å²) in [4.78, 5) is 3.13. The van der Waals surface area contributed by atoms with E-state index in [9.17, 15) is 4.39 Å². The lowest BCUT2D eigenvalue weighted by Gasteiger charge is -1.95. The van der Waals surface area contributed by atoms with E-state index in [-0.39, 0.29) is 5.82 Å². The maximum absolute atomic E-state index is 12.9. The first-order valence-corrected chi connectivity index (χ1v) is 4.57. The molecule has 2 aromatic rings. The maximum Gasteiger partial charge on any atom is 0.123 e. The SMILES string of the molecule is CCCc1c[nH]c2ccc(F)cc12. The largest absolute Gasteiger partial charge is 0.361 e. The lowest BCUT2D eigenvalue weighted by Crippen LogP contribution is -1.80. The third-order valence-electron chi connectivity index (χ3n) is 2.25. The van der Waals surface area contributed by atoms with Crippen LogP contribution in [-0.4, -0.2) is 4.98 Å². The summed E-state index contributed by atoms with van der Waals surface area (Å²) in [6.07, 6.45) is 4.06. The Morgan fingerprint density at radius 3 is 3.00 bits per heavy atom. The standard InChI is InChI=1S/C11H12FN/c1-2-3-8-7-13-11-5-4-9(12)6-10(8)11/h4-7,13H,2-3H2,1H3. The topological polar surface area (TPSA) is 15.8 Å². The van der Waals surface area contributed by atoms with E-state index in [4.69, 9.17) is 0 Å². The van der Waals surface area contributed by atoms with Crippen molar-refractivity contribution in [2.75, 3.05) is 0 Å². The minimum absolute atomic E-state index is 0.163. The molecule has 1 aromatic heterocycles. The summed E-state index contributed by atoms with van der Waals surface area (Å²) in [5.41, 5.74) is 2.22. The first-order chi connectivity index (χ1) is 6.31. The third kappa shape index (κ3) is 1.44. The van der Waals surface area contributed by atoms with Crippen LogP contribution in [0.15, 0.2) is 24.4 Å². The van der Waals surface area contributed by atoms with E-state index in [2.05, 4.69) is 11.9 Å². The summed E-state index contributed by atoms with van der Waals surface area (Å²) in [5, 5.41) is 1.02.